The second kappa shape index (κ2) is 5.09. The van der Waals surface area contributed by atoms with Crippen molar-refractivity contribution in [1.29, 1.82) is 0 Å². The number of nitrogens with one attached hydrogen (secondary N) is 1. The summed E-state index contributed by atoms with van der Waals surface area (Å²) in [6.45, 7) is 6.94. The molecule has 1 N–H and O–H groups in total. The molecular weight excluding hydrogens is 238 g/mol. The summed E-state index contributed by atoms with van der Waals surface area (Å²) in [7, 11) is 0. The second-order valence-electron chi connectivity index (χ2n) is 4.94. The largest absolute Gasteiger partial charge is 0.312 e. The molecule has 19 heavy (non-hydrogen) atoms. The molecule has 0 radical (unpaired) electrons. The van der Waals surface area contributed by atoms with Gasteiger partial charge in [0, 0.05) is 49.4 Å². The molecule has 0 saturated heterocycles. The topological polar surface area (TPSA) is 55.6 Å². The first-order valence-electron chi connectivity index (χ1n) is 6.83. The van der Waals surface area contributed by atoms with Crippen LogP contribution in [0.15, 0.2) is 12.4 Å². The number of nitrogens with zero attached hydrogens (tertiary/aromatic N) is 4. The van der Waals surface area contributed by atoms with Crippen molar-refractivity contribution in [3.63, 3.8) is 0 Å². The fraction of sp³-hybridized carbons (Fsp3) is 0.500. The molecule has 2 aromatic heterocycles. The Hall–Kier alpha value is -1.75. The molecule has 0 spiro atoms. The SMILES string of the molecule is CCn1nc(C)cc1Cc1ncnc2c1CNCC2. The maximum absolute atomic E-state index is 4.49. The number of hydrogen-bond acceptors (Lipinski definition) is 4. The van der Waals surface area contributed by atoms with E-state index in [9.17, 15) is 0 Å². The molecule has 100 valence electrons. The first-order valence-corrected chi connectivity index (χ1v) is 6.83. The maximum Gasteiger partial charge on any atom is 0.115 e. The summed E-state index contributed by atoms with van der Waals surface area (Å²) in [6, 6.07) is 2.15. The van der Waals surface area contributed by atoms with E-state index in [2.05, 4.69) is 38.1 Å². The van der Waals surface area contributed by atoms with Crippen molar-refractivity contribution in [3.8, 4) is 0 Å². The summed E-state index contributed by atoms with van der Waals surface area (Å²) >= 11 is 0. The molecular formula is C14H19N5. The van der Waals surface area contributed by atoms with Gasteiger partial charge in [-0.05, 0) is 19.9 Å². The minimum atomic E-state index is 0.835. The molecule has 0 fully saturated rings. The standard InChI is InChI=1S/C14H19N5/c1-3-19-11(6-10(2)18-19)7-14-12-8-15-5-4-13(12)16-9-17-14/h6,9,15H,3-5,7-8H2,1-2H3. The number of fused-ring (bicyclic) bond motifs is 1. The van der Waals surface area contributed by atoms with E-state index in [1.807, 2.05) is 6.92 Å². The fourth-order valence-electron chi connectivity index (χ4n) is 2.67. The van der Waals surface area contributed by atoms with E-state index < -0.39 is 0 Å². The van der Waals surface area contributed by atoms with Gasteiger partial charge in [0.25, 0.3) is 0 Å². The molecule has 0 amide bonds. The van der Waals surface area contributed by atoms with Crippen molar-refractivity contribution in [2.24, 2.45) is 0 Å². The van der Waals surface area contributed by atoms with Crippen molar-refractivity contribution < 1.29 is 0 Å². The molecule has 1 aliphatic rings. The van der Waals surface area contributed by atoms with Gasteiger partial charge in [-0.15, -0.1) is 0 Å². The molecule has 5 heteroatoms. The van der Waals surface area contributed by atoms with Crippen LogP contribution in [0.4, 0.5) is 0 Å². The third-order valence-electron chi connectivity index (χ3n) is 3.60. The number of aromatic nitrogens is 4. The predicted molar refractivity (Wildman–Crippen MR) is 72.9 cm³/mol. The minimum absolute atomic E-state index is 0.835. The zero-order valence-corrected chi connectivity index (χ0v) is 11.5. The molecule has 3 heterocycles. The third kappa shape index (κ3) is 2.38. The summed E-state index contributed by atoms with van der Waals surface area (Å²) in [6.07, 6.45) is 3.52. The van der Waals surface area contributed by atoms with E-state index >= 15 is 0 Å². The summed E-state index contributed by atoms with van der Waals surface area (Å²) in [5.74, 6) is 0. The Labute approximate surface area is 113 Å². The van der Waals surface area contributed by atoms with E-state index in [0.29, 0.717) is 0 Å². The Bertz CT molecular complexity index is 588. The molecule has 0 aromatic carbocycles. The van der Waals surface area contributed by atoms with Gasteiger partial charge in [0.05, 0.1) is 11.4 Å². The molecule has 3 rings (SSSR count). The van der Waals surface area contributed by atoms with Gasteiger partial charge >= 0.3 is 0 Å². The van der Waals surface area contributed by atoms with E-state index in [0.717, 1.165) is 43.9 Å². The molecule has 0 unspecified atom stereocenters. The van der Waals surface area contributed by atoms with Gasteiger partial charge in [0.15, 0.2) is 0 Å². The van der Waals surface area contributed by atoms with Crippen LogP contribution in [-0.2, 0) is 25.9 Å². The lowest BCUT2D eigenvalue weighted by atomic mass is 10.0. The zero-order valence-electron chi connectivity index (χ0n) is 11.5. The normalized spacial score (nSPS) is 14.4. The monoisotopic (exact) mass is 257 g/mol. The Morgan fingerprint density at radius 3 is 3.11 bits per heavy atom. The van der Waals surface area contributed by atoms with Crippen molar-refractivity contribution in [2.45, 2.75) is 39.8 Å². The van der Waals surface area contributed by atoms with Crippen LogP contribution in [0.3, 0.4) is 0 Å². The molecule has 0 aliphatic carbocycles. The van der Waals surface area contributed by atoms with Gasteiger partial charge in [-0.3, -0.25) is 4.68 Å². The summed E-state index contributed by atoms with van der Waals surface area (Å²) in [5, 5.41) is 7.89. The van der Waals surface area contributed by atoms with Crippen molar-refractivity contribution in [1.82, 2.24) is 25.1 Å². The third-order valence-corrected chi connectivity index (χ3v) is 3.60. The van der Waals surface area contributed by atoms with Crippen LogP contribution in [0.2, 0.25) is 0 Å². The first-order chi connectivity index (χ1) is 9.28. The average molecular weight is 257 g/mol. The summed E-state index contributed by atoms with van der Waals surface area (Å²) in [4.78, 5) is 8.88. The molecule has 1 aliphatic heterocycles. The van der Waals surface area contributed by atoms with Crippen LogP contribution in [0.25, 0.3) is 0 Å². The molecule has 0 bridgehead atoms. The van der Waals surface area contributed by atoms with Crippen LogP contribution >= 0.6 is 0 Å². The Balaban J connectivity index is 1.94. The van der Waals surface area contributed by atoms with Gasteiger partial charge in [0.2, 0.25) is 0 Å². The first kappa shape index (κ1) is 12.3. The summed E-state index contributed by atoms with van der Waals surface area (Å²) in [5.41, 5.74) is 5.90. The highest BCUT2D eigenvalue weighted by Crippen LogP contribution is 2.18. The Morgan fingerprint density at radius 1 is 1.37 bits per heavy atom. The van der Waals surface area contributed by atoms with Crippen LogP contribution < -0.4 is 5.32 Å². The minimum Gasteiger partial charge on any atom is -0.312 e. The van der Waals surface area contributed by atoms with Crippen LogP contribution in [0.5, 0.6) is 0 Å². The average Bonchev–Trinajstić information content (AvgIpc) is 2.79. The summed E-state index contributed by atoms with van der Waals surface area (Å²) < 4.78 is 2.06. The number of rotatable bonds is 3. The van der Waals surface area contributed by atoms with E-state index in [-0.39, 0.29) is 0 Å². The number of hydrogen-bond donors (Lipinski definition) is 1. The van der Waals surface area contributed by atoms with Gasteiger partial charge in [-0.2, -0.15) is 5.10 Å². The van der Waals surface area contributed by atoms with E-state index in [4.69, 9.17) is 0 Å². The maximum atomic E-state index is 4.49. The Kier molecular flexibility index (Phi) is 3.29. The van der Waals surface area contributed by atoms with Crippen molar-refractivity contribution in [3.05, 3.63) is 40.7 Å². The second-order valence-corrected chi connectivity index (χ2v) is 4.94. The molecule has 5 nitrogen and oxygen atoms in total. The lowest BCUT2D eigenvalue weighted by Gasteiger charge is -2.18. The van der Waals surface area contributed by atoms with Crippen LogP contribution in [0.1, 0.15) is 35.3 Å². The number of aryl methyl sites for hydroxylation is 2. The molecule has 0 saturated carbocycles. The van der Waals surface area contributed by atoms with Crippen LogP contribution in [-0.4, -0.2) is 26.3 Å². The van der Waals surface area contributed by atoms with Gasteiger partial charge in [-0.25, -0.2) is 9.97 Å². The van der Waals surface area contributed by atoms with Gasteiger partial charge in [0.1, 0.15) is 6.33 Å². The lowest BCUT2D eigenvalue weighted by molar-refractivity contribution is 0.604. The highest BCUT2D eigenvalue weighted by molar-refractivity contribution is 5.30. The van der Waals surface area contributed by atoms with Crippen molar-refractivity contribution in [2.75, 3.05) is 6.54 Å². The van der Waals surface area contributed by atoms with Crippen molar-refractivity contribution >= 4 is 0 Å². The highest BCUT2D eigenvalue weighted by atomic mass is 15.3. The lowest BCUT2D eigenvalue weighted by Crippen LogP contribution is -2.26. The fourth-order valence-corrected chi connectivity index (χ4v) is 2.67. The van der Waals surface area contributed by atoms with E-state index in [1.54, 1.807) is 6.33 Å². The smallest absolute Gasteiger partial charge is 0.115 e. The quantitative estimate of drug-likeness (QED) is 0.899. The highest BCUT2D eigenvalue weighted by Gasteiger charge is 2.16. The van der Waals surface area contributed by atoms with Crippen LogP contribution in [0, 0.1) is 6.92 Å². The van der Waals surface area contributed by atoms with E-state index in [1.165, 1.54) is 17.0 Å². The predicted octanol–water partition coefficient (Wildman–Crippen LogP) is 1.24. The van der Waals surface area contributed by atoms with Gasteiger partial charge < -0.3 is 5.32 Å². The Morgan fingerprint density at radius 2 is 2.26 bits per heavy atom. The zero-order chi connectivity index (χ0) is 13.2. The van der Waals surface area contributed by atoms with Gasteiger partial charge in [-0.1, -0.05) is 0 Å². The molecule has 2 aromatic rings. The molecule has 0 atom stereocenters.